The fraction of sp³-hybridized carbons (Fsp3) is 0.462. The van der Waals surface area contributed by atoms with Crippen molar-refractivity contribution < 1.29 is 8.42 Å². The highest BCUT2D eigenvalue weighted by atomic mass is 32.2. The Morgan fingerprint density at radius 2 is 2.24 bits per heavy atom. The number of thiophene rings is 1. The van der Waals surface area contributed by atoms with E-state index in [0.29, 0.717) is 30.4 Å². The normalized spacial score (nSPS) is 15.4. The van der Waals surface area contributed by atoms with E-state index in [1.807, 2.05) is 10.8 Å². The molecule has 0 atom stereocenters. The molecular formula is C13H17N3O2S3. The fourth-order valence-electron chi connectivity index (χ4n) is 1.97. The molecule has 0 bridgehead atoms. The molecule has 2 heterocycles. The van der Waals surface area contributed by atoms with Gasteiger partial charge in [0.1, 0.15) is 0 Å². The zero-order valence-corrected chi connectivity index (χ0v) is 13.9. The molecule has 0 unspecified atom stereocenters. The summed E-state index contributed by atoms with van der Waals surface area (Å²) in [4.78, 5) is 5.43. The van der Waals surface area contributed by atoms with Gasteiger partial charge < -0.3 is 5.32 Å². The number of sulfonamides is 1. The van der Waals surface area contributed by atoms with Crippen LogP contribution >= 0.6 is 22.7 Å². The van der Waals surface area contributed by atoms with Gasteiger partial charge >= 0.3 is 0 Å². The van der Waals surface area contributed by atoms with Crippen molar-refractivity contribution >= 4 is 32.7 Å². The molecule has 0 aromatic carbocycles. The first-order valence-corrected chi connectivity index (χ1v) is 10.1. The molecule has 0 saturated heterocycles. The Labute approximate surface area is 132 Å². The topological polar surface area (TPSA) is 71.1 Å². The minimum Gasteiger partial charge on any atom is -0.309 e. The predicted molar refractivity (Wildman–Crippen MR) is 85.2 cm³/mol. The van der Waals surface area contributed by atoms with Gasteiger partial charge in [0.25, 0.3) is 0 Å². The van der Waals surface area contributed by atoms with Gasteiger partial charge in [-0.3, -0.25) is 0 Å². The second-order valence-corrected chi connectivity index (χ2v) is 8.45. The maximum atomic E-state index is 12.4. The van der Waals surface area contributed by atoms with E-state index >= 15 is 0 Å². The van der Waals surface area contributed by atoms with Gasteiger partial charge in [0.15, 0.2) is 0 Å². The molecular weight excluding hydrogens is 326 g/mol. The van der Waals surface area contributed by atoms with Gasteiger partial charge in [-0.2, -0.15) is 0 Å². The lowest BCUT2D eigenvalue weighted by Crippen LogP contribution is -2.27. The number of nitrogens with one attached hydrogen (secondary N) is 2. The molecule has 3 rings (SSSR count). The first-order chi connectivity index (χ1) is 10.1. The van der Waals surface area contributed by atoms with Crippen molar-refractivity contribution in [3.05, 3.63) is 32.9 Å². The smallest absolute Gasteiger partial charge is 0.241 e. The minimum absolute atomic E-state index is 0.372. The summed E-state index contributed by atoms with van der Waals surface area (Å²) in [7, 11) is -3.43. The summed E-state index contributed by atoms with van der Waals surface area (Å²) >= 11 is 3.00. The molecule has 8 heteroatoms. The third-order valence-electron chi connectivity index (χ3n) is 3.28. The summed E-state index contributed by atoms with van der Waals surface area (Å²) < 4.78 is 27.4. The third-order valence-corrected chi connectivity index (χ3v) is 6.51. The van der Waals surface area contributed by atoms with Crippen LogP contribution in [0.1, 0.15) is 23.4 Å². The van der Waals surface area contributed by atoms with Crippen LogP contribution in [0.15, 0.2) is 27.2 Å². The zero-order chi connectivity index (χ0) is 14.7. The number of hydrogen-bond acceptors (Lipinski definition) is 6. The first-order valence-electron chi connectivity index (χ1n) is 6.81. The van der Waals surface area contributed by atoms with Crippen LogP contribution in [0.3, 0.4) is 0 Å². The molecule has 114 valence electrons. The molecule has 1 fully saturated rings. The Hall–Kier alpha value is -0.800. The van der Waals surface area contributed by atoms with Crippen LogP contribution in [0.25, 0.3) is 0 Å². The van der Waals surface area contributed by atoms with E-state index in [1.165, 1.54) is 35.5 Å². The Kier molecular flexibility index (Phi) is 4.70. The van der Waals surface area contributed by atoms with E-state index in [0.717, 1.165) is 10.6 Å². The van der Waals surface area contributed by atoms with E-state index in [9.17, 15) is 8.42 Å². The molecule has 1 aliphatic rings. The zero-order valence-electron chi connectivity index (χ0n) is 11.4. The van der Waals surface area contributed by atoms with E-state index in [4.69, 9.17) is 0 Å². The van der Waals surface area contributed by atoms with Crippen molar-refractivity contribution in [2.45, 2.75) is 36.7 Å². The summed E-state index contributed by atoms with van der Waals surface area (Å²) in [6.45, 7) is 1.00. The molecule has 2 N–H and O–H groups in total. The predicted octanol–water partition coefficient (Wildman–Crippen LogP) is 1.98. The maximum Gasteiger partial charge on any atom is 0.241 e. The van der Waals surface area contributed by atoms with Gasteiger partial charge in [0.05, 0.1) is 16.1 Å². The minimum atomic E-state index is -3.43. The standard InChI is InChI=1S/C13H17N3O2S3/c17-21(18,16-5-3-11-8-19-9-15-11)13-4-6-20-12(13)7-14-10-1-2-10/h4,6,8-10,14,16H,1-3,5,7H2. The molecule has 2 aromatic heterocycles. The molecule has 21 heavy (non-hydrogen) atoms. The van der Waals surface area contributed by atoms with Crippen molar-refractivity contribution in [1.29, 1.82) is 0 Å². The number of nitrogens with zero attached hydrogens (tertiary/aromatic N) is 1. The molecule has 0 amide bonds. The van der Waals surface area contributed by atoms with Crippen LogP contribution in [0.4, 0.5) is 0 Å². The summed E-state index contributed by atoms with van der Waals surface area (Å²) in [5.41, 5.74) is 2.67. The second-order valence-electron chi connectivity index (χ2n) is 4.99. The Bertz CT molecular complexity index is 675. The monoisotopic (exact) mass is 343 g/mol. The first kappa shape index (κ1) is 15.1. The number of hydrogen-bond donors (Lipinski definition) is 2. The van der Waals surface area contributed by atoms with Crippen molar-refractivity contribution in [3.8, 4) is 0 Å². The summed E-state index contributed by atoms with van der Waals surface area (Å²) in [6, 6.07) is 2.25. The summed E-state index contributed by atoms with van der Waals surface area (Å²) in [5, 5.41) is 7.13. The van der Waals surface area contributed by atoms with Crippen molar-refractivity contribution in [2.24, 2.45) is 0 Å². The summed E-state index contributed by atoms with van der Waals surface area (Å²) in [6.07, 6.45) is 3.00. The van der Waals surface area contributed by atoms with Crippen molar-refractivity contribution in [2.75, 3.05) is 6.54 Å². The van der Waals surface area contributed by atoms with Gasteiger partial charge in [-0.05, 0) is 24.3 Å². The molecule has 0 spiro atoms. The van der Waals surface area contributed by atoms with E-state index in [2.05, 4.69) is 15.0 Å². The average Bonchev–Trinajstić information content (AvgIpc) is 2.93. The Morgan fingerprint density at radius 3 is 2.95 bits per heavy atom. The molecule has 1 aliphatic carbocycles. The summed E-state index contributed by atoms with van der Waals surface area (Å²) in [5.74, 6) is 0. The van der Waals surface area contributed by atoms with E-state index in [1.54, 1.807) is 11.6 Å². The lowest BCUT2D eigenvalue weighted by atomic mass is 10.3. The SMILES string of the molecule is O=S(=O)(NCCc1cscn1)c1ccsc1CNC1CC1. The van der Waals surface area contributed by atoms with Crippen LogP contribution < -0.4 is 10.0 Å². The maximum absolute atomic E-state index is 12.4. The fourth-order valence-corrected chi connectivity index (χ4v) is 4.99. The van der Waals surface area contributed by atoms with Crippen LogP contribution in [-0.4, -0.2) is 26.0 Å². The average molecular weight is 343 g/mol. The van der Waals surface area contributed by atoms with Crippen LogP contribution in [0, 0.1) is 0 Å². The highest BCUT2D eigenvalue weighted by Crippen LogP contribution is 2.24. The van der Waals surface area contributed by atoms with Crippen molar-refractivity contribution in [3.63, 3.8) is 0 Å². The quantitative estimate of drug-likeness (QED) is 0.769. The number of aromatic nitrogens is 1. The van der Waals surface area contributed by atoms with E-state index < -0.39 is 10.0 Å². The Morgan fingerprint density at radius 1 is 1.38 bits per heavy atom. The third kappa shape index (κ3) is 4.10. The largest absolute Gasteiger partial charge is 0.309 e. The van der Waals surface area contributed by atoms with E-state index in [-0.39, 0.29) is 0 Å². The van der Waals surface area contributed by atoms with Crippen LogP contribution in [-0.2, 0) is 23.0 Å². The lowest BCUT2D eigenvalue weighted by Gasteiger charge is -2.08. The highest BCUT2D eigenvalue weighted by Gasteiger charge is 2.23. The molecule has 0 aliphatic heterocycles. The van der Waals surface area contributed by atoms with Crippen LogP contribution in [0.5, 0.6) is 0 Å². The van der Waals surface area contributed by atoms with Gasteiger partial charge in [0, 0.05) is 35.8 Å². The number of rotatable bonds is 8. The molecule has 2 aromatic rings. The number of thiazole rings is 1. The lowest BCUT2D eigenvalue weighted by molar-refractivity contribution is 0.579. The van der Waals surface area contributed by atoms with Gasteiger partial charge in [-0.15, -0.1) is 22.7 Å². The van der Waals surface area contributed by atoms with Crippen molar-refractivity contribution in [1.82, 2.24) is 15.0 Å². The second kappa shape index (κ2) is 6.53. The highest BCUT2D eigenvalue weighted by molar-refractivity contribution is 7.89. The molecule has 5 nitrogen and oxygen atoms in total. The van der Waals surface area contributed by atoms with Gasteiger partial charge in [-0.25, -0.2) is 18.1 Å². The molecule has 1 saturated carbocycles. The van der Waals surface area contributed by atoms with Gasteiger partial charge in [-0.1, -0.05) is 0 Å². The molecule has 0 radical (unpaired) electrons. The van der Waals surface area contributed by atoms with Crippen LogP contribution in [0.2, 0.25) is 0 Å². The Balaban J connectivity index is 1.59. The van der Waals surface area contributed by atoms with Gasteiger partial charge in [0.2, 0.25) is 10.0 Å².